The molecule has 0 spiro atoms. The first kappa shape index (κ1) is 14.7. The highest BCUT2D eigenvalue weighted by atomic mass is 35.5. The summed E-state index contributed by atoms with van der Waals surface area (Å²) in [4.78, 5) is 20.1. The van der Waals surface area contributed by atoms with Gasteiger partial charge in [0.2, 0.25) is 0 Å². The lowest BCUT2D eigenvalue weighted by atomic mass is 10.2. The van der Waals surface area contributed by atoms with Gasteiger partial charge in [-0.25, -0.2) is 4.79 Å². The van der Waals surface area contributed by atoms with Gasteiger partial charge in [-0.15, -0.1) is 0 Å². The second-order valence-electron chi connectivity index (χ2n) is 3.98. The topological polar surface area (TPSA) is 77.6 Å². The largest absolute Gasteiger partial charge is 0.380 e. The zero-order valence-corrected chi connectivity index (χ0v) is 11.7. The van der Waals surface area contributed by atoms with Crippen LogP contribution in [0.3, 0.4) is 0 Å². The van der Waals surface area contributed by atoms with Gasteiger partial charge in [0, 0.05) is 29.1 Å². The van der Waals surface area contributed by atoms with Crippen LogP contribution in [0.4, 0.5) is 0 Å². The molecule has 0 aliphatic carbocycles. The molecular weight excluding hydrogens is 290 g/mol. The number of nitrogens with two attached hydrogens (primary N) is 1. The lowest BCUT2D eigenvalue weighted by molar-refractivity contribution is -0.137. The van der Waals surface area contributed by atoms with E-state index >= 15 is 0 Å². The molecular formula is C15H12ClN3O2. The summed E-state index contributed by atoms with van der Waals surface area (Å²) in [5.74, 6) is -0.579. The number of halogens is 1. The van der Waals surface area contributed by atoms with Crippen molar-refractivity contribution in [1.29, 1.82) is 0 Å². The molecule has 106 valence electrons. The van der Waals surface area contributed by atoms with Gasteiger partial charge in [0.15, 0.2) is 5.84 Å². The first-order valence-corrected chi connectivity index (χ1v) is 6.42. The quantitative estimate of drug-likeness (QED) is 0.309. The van der Waals surface area contributed by atoms with Gasteiger partial charge in [0.05, 0.1) is 0 Å². The third-order valence-corrected chi connectivity index (χ3v) is 2.84. The molecule has 2 N–H and O–H groups in total. The fourth-order valence-electron chi connectivity index (χ4n) is 1.46. The van der Waals surface area contributed by atoms with E-state index in [4.69, 9.17) is 17.3 Å². The highest BCUT2D eigenvalue weighted by Gasteiger charge is 2.01. The van der Waals surface area contributed by atoms with E-state index in [2.05, 4.69) is 15.0 Å². The minimum Gasteiger partial charge on any atom is -0.380 e. The van der Waals surface area contributed by atoms with E-state index in [1.807, 2.05) is 6.07 Å². The summed E-state index contributed by atoms with van der Waals surface area (Å²) >= 11 is 5.96. The van der Waals surface area contributed by atoms with Crippen LogP contribution in [0.2, 0.25) is 5.02 Å². The molecule has 5 nitrogen and oxygen atoms in total. The monoisotopic (exact) mass is 301 g/mol. The first-order valence-electron chi connectivity index (χ1n) is 6.04. The summed E-state index contributed by atoms with van der Waals surface area (Å²) < 4.78 is 0. The van der Waals surface area contributed by atoms with Crippen LogP contribution in [0.15, 0.2) is 60.0 Å². The van der Waals surface area contributed by atoms with Crippen molar-refractivity contribution >= 4 is 29.5 Å². The number of rotatable bonds is 4. The van der Waals surface area contributed by atoms with Crippen LogP contribution in [0.5, 0.6) is 0 Å². The average Bonchev–Trinajstić information content (AvgIpc) is 2.52. The number of aromatic nitrogens is 1. The summed E-state index contributed by atoms with van der Waals surface area (Å²) in [5.41, 5.74) is 6.94. The van der Waals surface area contributed by atoms with Crippen molar-refractivity contribution in [3.63, 3.8) is 0 Å². The summed E-state index contributed by atoms with van der Waals surface area (Å²) in [5, 5.41) is 4.09. The Hall–Kier alpha value is -2.66. The van der Waals surface area contributed by atoms with E-state index < -0.39 is 5.97 Å². The molecule has 0 aliphatic heterocycles. The molecule has 0 saturated heterocycles. The van der Waals surface area contributed by atoms with Crippen molar-refractivity contribution in [3.05, 3.63) is 71.0 Å². The van der Waals surface area contributed by atoms with Gasteiger partial charge >= 0.3 is 5.97 Å². The standard InChI is InChI=1S/C15H12ClN3O2/c16-13-6-2-1-4-11(13)7-8-14(20)21-19-15(17)12-5-3-9-18-10-12/h1-10H,(H2,17,19)/b8-7+. The molecule has 1 aromatic heterocycles. The highest BCUT2D eigenvalue weighted by Crippen LogP contribution is 2.16. The van der Waals surface area contributed by atoms with Gasteiger partial charge < -0.3 is 10.6 Å². The number of pyridine rings is 1. The fraction of sp³-hybridized carbons (Fsp3) is 0. The molecule has 0 aliphatic rings. The van der Waals surface area contributed by atoms with Gasteiger partial charge in [0.1, 0.15) is 0 Å². The van der Waals surface area contributed by atoms with Gasteiger partial charge in [-0.05, 0) is 29.8 Å². The van der Waals surface area contributed by atoms with Gasteiger partial charge in [-0.2, -0.15) is 0 Å². The predicted octanol–water partition coefficient (Wildman–Crippen LogP) is 2.61. The van der Waals surface area contributed by atoms with Gasteiger partial charge in [0.25, 0.3) is 0 Å². The van der Waals surface area contributed by atoms with E-state index in [0.29, 0.717) is 16.1 Å². The molecule has 0 fully saturated rings. The van der Waals surface area contributed by atoms with Crippen molar-refractivity contribution in [1.82, 2.24) is 4.98 Å². The highest BCUT2D eigenvalue weighted by molar-refractivity contribution is 6.32. The molecule has 2 rings (SSSR count). The zero-order chi connectivity index (χ0) is 15.1. The number of nitrogens with zero attached hydrogens (tertiary/aromatic N) is 2. The summed E-state index contributed by atoms with van der Waals surface area (Å²) in [6.45, 7) is 0. The summed E-state index contributed by atoms with van der Waals surface area (Å²) in [6, 6.07) is 10.5. The van der Waals surface area contributed by atoms with Crippen molar-refractivity contribution in [2.24, 2.45) is 10.9 Å². The van der Waals surface area contributed by atoms with Crippen LogP contribution in [-0.2, 0) is 9.63 Å². The Morgan fingerprint density at radius 3 is 2.81 bits per heavy atom. The molecule has 6 heteroatoms. The third-order valence-electron chi connectivity index (χ3n) is 2.50. The first-order chi connectivity index (χ1) is 10.2. The lowest BCUT2D eigenvalue weighted by Gasteiger charge is -1.98. The predicted molar refractivity (Wildman–Crippen MR) is 81.5 cm³/mol. The molecule has 0 radical (unpaired) electrons. The third kappa shape index (κ3) is 4.43. The lowest BCUT2D eigenvalue weighted by Crippen LogP contribution is -2.14. The molecule has 1 heterocycles. The minimum absolute atomic E-state index is 0.0718. The zero-order valence-electron chi connectivity index (χ0n) is 10.9. The van der Waals surface area contributed by atoms with Crippen LogP contribution in [0.25, 0.3) is 6.08 Å². The summed E-state index contributed by atoms with van der Waals surface area (Å²) in [6.07, 6.45) is 5.89. The Labute approximate surface area is 126 Å². The maximum Gasteiger partial charge on any atom is 0.358 e. The van der Waals surface area contributed by atoms with Gasteiger partial charge in [-0.1, -0.05) is 35.0 Å². The Morgan fingerprint density at radius 1 is 1.29 bits per heavy atom. The summed E-state index contributed by atoms with van der Waals surface area (Å²) in [7, 11) is 0. The number of hydrogen-bond donors (Lipinski definition) is 1. The number of amidine groups is 1. The van der Waals surface area contributed by atoms with Crippen LogP contribution in [-0.4, -0.2) is 16.8 Å². The van der Waals surface area contributed by atoms with E-state index in [1.165, 1.54) is 12.3 Å². The van der Waals surface area contributed by atoms with E-state index in [-0.39, 0.29) is 5.84 Å². The fourth-order valence-corrected chi connectivity index (χ4v) is 1.66. The molecule has 21 heavy (non-hydrogen) atoms. The normalized spacial score (nSPS) is 11.6. The van der Waals surface area contributed by atoms with Crippen molar-refractivity contribution in [3.8, 4) is 0 Å². The Balaban J connectivity index is 1.98. The molecule has 2 aromatic rings. The second kappa shape index (κ2) is 7.21. The van der Waals surface area contributed by atoms with Crippen molar-refractivity contribution in [2.75, 3.05) is 0 Å². The van der Waals surface area contributed by atoms with Gasteiger partial charge in [-0.3, -0.25) is 4.98 Å². The number of hydrogen-bond acceptors (Lipinski definition) is 4. The van der Waals surface area contributed by atoms with E-state index in [1.54, 1.807) is 42.6 Å². The van der Waals surface area contributed by atoms with Crippen molar-refractivity contribution in [2.45, 2.75) is 0 Å². The molecule has 0 atom stereocenters. The van der Waals surface area contributed by atoms with Crippen molar-refractivity contribution < 1.29 is 9.63 Å². The van der Waals surface area contributed by atoms with Crippen LogP contribution >= 0.6 is 11.6 Å². The van der Waals surface area contributed by atoms with E-state index in [0.717, 1.165) is 0 Å². The van der Waals surface area contributed by atoms with E-state index in [9.17, 15) is 4.79 Å². The maximum absolute atomic E-state index is 11.5. The smallest absolute Gasteiger partial charge is 0.358 e. The van der Waals surface area contributed by atoms with Crippen LogP contribution in [0, 0.1) is 0 Å². The Kier molecular flexibility index (Phi) is 5.06. The average molecular weight is 302 g/mol. The Bertz CT molecular complexity index is 684. The molecule has 0 bridgehead atoms. The Morgan fingerprint density at radius 2 is 2.10 bits per heavy atom. The molecule has 0 amide bonds. The number of carbonyl (C=O) groups excluding carboxylic acids is 1. The molecule has 0 unspecified atom stereocenters. The number of carbonyl (C=O) groups is 1. The SMILES string of the molecule is N/C(=N/OC(=O)/C=C/c1ccccc1Cl)c1cccnc1. The second-order valence-corrected chi connectivity index (χ2v) is 4.39. The number of oxime groups is 1. The number of benzene rings is 1. The van der Waals surface area contributed by atoms with Crippen LogP contribution < -0.4 is 5.73 Å². The minimum atomic E-state index is -0.651. The molecule has 1 aromatic carbocycles. The maximum atomic E-state index is 11.5. The molecule has 0 saturated carbocycles. The van der Waals surface area contributed by atoms with Crippen LogP contribution in [0.1, 0.15) is 11.1 Å².